The first-order valence-electron chi connectivity index (χ1n) is 7.78. The Bertz CT molecular complexity index is 548. The Morgan fingerprint density at radius 1 is 0.542 bits per heavy atom. The van der Waals surface area contributed by atoms with Crippen LogP contribution in [0.2, 0.25) is 0 Å². The van der Waals surface area contributed by atoms with Gasteiger partial charge in [0.25, 0.3) is 0 Å². The van der Waals surface area contributed by atoms with E-state index < -0.39 is 12.2 Å². The Morgan fingerprint density at radius 3 is 1.04 bits per heavy atom. The van der Waals surface area contributed by atoms with Crippen LogP contribution in [0.4, 0.5) is 0 Å². The second-order valence-electron chi connectivity index (χ2n) is 5.45. The molecule has 0 unspecified atom stereocenters. The van der Waals surface area contributed by atoms with Crippen LogP contribution in [0, 0.1) is 0 Å². The van der Waals surface area contributed by atoms with Gasteiger partial charge in [0.1, 0.15) is 38.6 Å². The highest BCUT2D eigenvalue weighted by Gasteiger charge is 2.15. The fourth-order valence-electron chi connectivity index (χ4n) is 2.22. The number of benzene rings is 2. The van der Waals surface area contributed by atoms with E-state index in [1.807, 2.05) is 24.3 Å². The van der Waals surface area contributed by atoms with E-state index in [1.165, 1.54) is 0 Å². The standard InChI is InChI=1S/C18H20O6/c19-13-9-21-15-5-1-2-6-16(15)22-10-14(20)12-24-18-8-4-3-7-17(18)23-11-13/h1-8,13-14,19-20H,9-12H2. The normalized spacial score (nSPS) is 21.6. The lowest BCUT2D eigenvalue weighted by Crippen LogP contribution is -2.27. The van der Waals surface area contributed by atoms with Crippen molar-refractivity contribution in [2.45, 2.75) is 12.2 Å². The Morgan fingerprint density at radius 2 is 0.792 bits per heavy atom. The Balaban J connectivity index is 1.77. The monoisotopic (exact) mass is 332 g/mol. The predicted molar refractivity (Wildman–Crippen MR) is 86.9 cm³/mol. The summed E-state index contributed by atoms with van der Waals surface area (Å²) in [6.45, 7) is 0.246. The molecule has 0 atom stereocenters. The van der Waals surface area contributed by atoms with Gasteiger partial charge >= 0.3 is 0 Å². The first-order chi connectivity index (χ1) is 11.7. The van der Waals surface area contributed by atoms with E-state index >= 15 is 0 Å². The van der Waals surface area contributed by atoms with Gasteiger partial charge in [0.15, 0.2) is 23.0 Å². The highest BCUT2D eigenvalue weighted by Crippen LogP contribution is 2.29. The molecule has 0 bridgehead atoms. The zero-order valence-electron chi connectivity index (χ0n) is 13.1. The molecule has 6 heteroatoms. The van der Waals surface area contributed by atoms with Gasteiger partial charge in [0.05, 0.1) is 0 Å². The molecule has 0 aromatic heterocycles. The fraction of sp³-hybridized carbons (Fsp3) is 0.333. The fourth-order valence-corrected chi connectivity index (χ4v) is 2.22. The largest absolute Gasteiger partial charge is 0.487 e. The molecular weight excluding hydrogens is 312 g/mol. The van der Waals surface area contributed by atoms with Crippen LogP contribution in [0.1, 0.15) is 0 Å². The average Bonchev–Trinajstić information content (AvgIpc) is 2.62. The molecule has 0 radical (unpaired) electrons. The zero-order chi connectivity index (χ0) is 16.8. The number of hydrogen-bond acceptors (Lipinski definition) is 6. The molecule has 3 rings (SSSR count). The smallest absolute Gasteiger partial charge is 0.161 e. The van der Waals surface area contributed by atoms with Crippen LogP contribution < -0.4 is 18.9 Å². The van der Waals surface area contributed by atoms with E-state index in [0.29, 0.717) is 23.0 Å². The van der Waals surface area contributed by atoms with E-state index in [0.717, 1.165) is 0 Å². The maximum absolute atomic E-state index is 10.0. The number of ether oxygens (including phenoxy) is 4. The molecule has 1 heterocycles. The number of fused-ring (bicyclic) bond motifs is 2. The molecular formula is C18H20O6. The third-order valence-corrected chi connectivity index (χ3v) is 3.42. The maximum atomic E-state index is 10.0. The molecule has 2 aromatic rings. The summed E-state index contributed by atoms with van der Waals surface area (Å²) in [5.41, 5.74) is 0. The maximum Gasteiger partial charge on any atom is 0.161 e. The van der Waals surface area contributed by atoms with Crippen molar-refractivity contribution in [3.05, 3.63) is 48.5 Å². The number of hydrogen-bond donors (Lipinski definition) is 2. The van der Waals surface area contributed by atoms with Crippen molar-refractivity contribution in [1.82, 2.24) is 0 Å². The molecule has 0 spiro atoms. The molecule has 6 nitrogen and oxygen atoms in total. The molecule has 1 aliphatic heterocycles. The van der Waals surface area contributed by atoms with Gasteiger partial charge in [-0.2, -0.15) is 0 Å². The van der Waals surface area contributed by atoms with Crippen molar-refractivity contribution in [2.75, 3.05) is 26.4 Å². The van der Waals surface area contributed by atoms with Crippen LogP contribution in [0.25, 0.3) is 0 Å². The summed E-state index contributed by atoms with van der Waals surface area (Å²) < 4.78 is 22.4. The lowest BCUT2D eigenvalue weighted by Gasteiger charge is -2.20. The first kappa shape index (κ1) is 16.4. The second kappa shape index (κ2) is 7.90. The van der Waals surface area contributed by atoms with Crippen LogP contribution in [-0.2, 0) is 0 Å². The summed E-state index contributed by atoms with van der Waals surface area (Å²) in [6.07, 6.45) is -1.61. The lowest BCUT2D eigenvalue weighted by atomic mass is 10.3. The molecule has 2 N–H and O–H groups in total. The minimum Gasteiger partial charge on any atom is -0.487 e. The summed E-state index contributed by atoms with van der Waals surface area (Å²) >= 11 is 0. The summed E-state index contributed by atoms with van der Waals surface area (Å²) in [5, 5.41) is 20.1. The Hall–Kier alpha value is -2.44. The van der Waals surface area contributed by atoms with Crippen LogP contribution in [0.15, 0.2) is 48.5 Å². The molecule has 0 amide bonds. The van der Waals surface area contributed by atoms with Gasteiger partial charge in [0, 0.05) is 0 Å². The van der Waals surface area contributed by atoms with E-state index in [2.05, 4.69) is 0 Å². The number of aliphatic hydroxyl groups excluding tert-OH is 2. The topological polar surface area (TPSA) is 77.4 Å². The Labute approximate surface area is 140 Å². The van der Waals surface area contributed by atoms with Crippen molar-refractivity contribution in [3.63, 3.8) is 0 Å². The molecule has 128 valence electrons. The third-order valence-electron chi connectivity index (χ3n) is 3.42. The molecule has 2 aromatic carbocycles. The SMILES string of the molecule is OC1COc2ccccc2OCC(O)COc2ccccc2OC1. The van der Waals surface area contributed by atoms with E-state index in [4.69, 9.17) is 18.9 Å². The zero-order valence-corrected chi connectivity index (χ0v) is 13.1. The lowest BCUT2D eigenvalue weighted by molar-refractivity contribution is 0.0445. The van der Waals surface area contributed by atoms with E-state index in [9.17, 15) is 10.2 Å². The molecule has 0 saturated carbocycles. The first-order valence-corrected chi connectivity index (χ1v) is 7.78. The van der Waals surface area contributed by atoms with Crippen molar-refractivity contribution in [3.8, 4) is 23.0 Å². The quantitative estimate of drug-likeness (QED) is 0.764. The van der Waals surface area contributed by atoms with Crippen LogP contribution in [0.5, 0.6) is 23.0 Å². The summed E-state index contributed by atoms with van der Waals surface area (Å²) in [7, 11) is 0. The average molecular weight is 332 g/mol. The number of para-hydroxylation sites is 4. The minimum absolute atomic E-state index is 0.0615. The molecule has 0 fully saturated rings. The molecule has 24 heavy (non-hydrogen) atoms. The third kappa shape index (κ3) is 4.31. The number of rotatable bonds is 0. The Kier molecular flexibility index (Phi) is 5.40. The van der Waals surface area contributed by atoms with Crippen molar-refractivity contribution in [1.29, 1.82) is 0 Å². The van der Waals surface area contributed by atoms with Crippen LogP contribution >= 0.6 is 0 Å². The van der Waals surface area contributed by atoms with Crippen molar-refractivity contribution in [2.24, 2.45) is 0 Å². The van der Waals surface area contributed by atoms with Gasteiger partial charge in [-0.3, -0.25) is 0 Å². The van der Waals surface area contributed by atoms with Gasteiger partial charge in [-0.05, 0) is 24.3 Å². The highest BCUT2D eigenvalue weighted by molar-refractivity contribution is 5.40. The molecule has 0 aliphatic carbocycles. The van der Waals surface area contributed by atoms with Crippen LogP contribution in [0.3, 0.4) is 0 Å². The van der Waals surface area contributed by atoms with Crippen molar-refractivity contribution >= 4 is 0 Å². The molecule has 1 aliphatic rings. The van der Waals surface area contributed by atoms with Gasteiger partial charge in [-0.1, -0.05) is 24.3 Å². The highest BCUT2D eigenvalue weighted by atomic mass is 16.6. The summed E-state index contributed by atoms with van der Waals surface area (Å²) in [5.74, 6) is 2.01. The minimum atomic E-state index is -0.806. The molecule has 0 saturated heterocycles. The van der Waals surface area contributed by atoms with Crippen LogP contribution in [-0.4, -0.2) is 48.8 Å². The predicted octanol–water partition coefficient (Wildman–Crippen LogP) is 1.64. The van der Waals surface area contributed by atoms with E-state index in [-0.39, 0.29) is 26.4 Å². The van der Waals surface area contributed by atoms with Gasteiger partial charge in [-0.15, -0.1) is 0 Å². The van der Waals surface area contributed by atoms with Gasteiger partial charge in [-0.25, -0.2) is 0 Å². The summed E-state index contributed by atoms with van der Waals surface area (Å²) in [6, 6.07) is 14.2. The van der Waals surface area contributed by atoms with Gasteiger partial charge < -0.3 is 29.2 Å². The van der Waals surface area contributed by atoms with Gasteiger partial charge in [0.2, 0.25) is 0 Å². The van der Waals surface area contributed by atoms with E-state index in [1.54, 1.807) is 24.3 Å². The van der Waals surface area contributed by atoms with Crippen molar-refractivity contribution < 1.29 is 29.2 Å². The summed E-state index contributed by atoms with van der Waals surface area (Å²) in [4.78, 5) is 0. The second-order valence-corrected chi connectivity index (χ2v) is 5.45. The number of aliphatic hydroxyl groups is 2.